The Kier molecular flexibility index (Phi) is 11.2. The molecule has 112 valence electrons. The lowest BCUT2D eigenvalue weighted by atomic mass is 9.95. The lowest BCUT2D eigenvalue weighted by Gasteiger charge is -2.12. The molecule has 0 saturated carbocycles. The molecule has 0 aromatic heterocycles. The Hall–Kier alpha value is -1.14. The second-order valence-electron chi connectivity index (χ2n) is 4.67. The summed E-state index contributed by atoms with van der Waals surface area (Å²) in [6, 6.07) is 0. The van der Waals surface area contributed by atoms with Gasteiger partial charge in [0.1, 0.15) is 0 Å². The van der Waals surface area contributed by atoms with Gasteiger partial charge in [-0.3, -0.25) is 0 Å². The summed E-state index contributed by atoms with van der Waals surface area (Å²) in [5.74, 6) is -1.42. The van der Waals surface area contributed by atoms with E-state index >= 15 is 0 Å². The molecule has 0 radical (unpaired) electrons. The average Bonchev–Trinajstić information content (AvgIpc) is 2.44. The van der Waals surface area contributed by atoms with Crippen molar-refractivity contribution in [2.45, 2.75) is 64.7 Å². The monoisotopic (exact) mass is 276 g/mol. The average molecular weight is 276 g/mol. The van der Waals surface area contributed by atoms with E-state index in [0.29, 0.717) is 12.8 Å². The minimum Gasteiger partial charge on any atom is -0.301 e. The van der Waals surface area contributed by atoms with E-state index in [1.54, 1.807) is 0 Å². The Bertz CT molecular complexity index is 254. The molecule has 0 aliphatic heterocycles. The summed E-state index contributed by atoms with van der Waals surface area (Å²) in [5, 5.41) is 16.5. The zero-order valence-corrected chi connectivity index (χ0v) is 11.5. The third-order valence-electron chi connectivity index (χ3n) is 3.11. The highest BCUT2D eigenvalue weighted by Crippen LogP contribution is 2.18. The van der Waals surface area contributed by atoms with Gasteiger partial charge in [0.05, 0.1) is 5.92 Å². The largest absolute Gasteiger partial charge is 0.345 e. The van der Waals surface area contributed by atoms with Crippen LogP contribution in [0.5, 0.6) is 0 Å². The van der Waals surface area contributed by atoms with Crippen molar-refractivity contribution in [3.63, 3.8) is 0 Å². The van der Waals surface area contributed by atoms with E-state index in [9.17, 15) is 9.59 Å². The Morgan fingerprint density at radius 2 is 1.58 bits per heavy atom. The molecule has 0 amide bonds. The minimum atomic E-state index is -0.621. The van der Waals surface area contributed by atoms with Crippen LogP contribution in [0.25, 0.3) is 0 Å². The fraction of sp³-hybridized carbons (Fsp3) is 0.846. The molecule has 0 aliphatic carbocycles. The van der Waals surface area contributed by atoms with Gasteiger partial charge in [0.2, 0.25) is 0 Å². The van der Waals surface area contributed by atoms with Crippen molar-refractivity contribution < 1.29 is 29.9 Å². The van der Waals surface area contributed by atoms with Gasteiger partial charge in [-0.15, -0.1) is 0 Å². The predicted molar refractivity (Wildman–Crippen MR) is 68.2 cm³/mol. The topological polar surface area (TPSA) is 93.1 Å². The quantitative estimate of drug-likeness (QED) is 0.342. The van der Waals surface area contributed by atoms with Crippen molar-refractivity contribution in [3.8, 4) is 0 Å². The van der Waals surface area contributed by atoms with Crippen LogP contribution in [0.3, 0.4) is 0 Å². The molecule has 19 heavy (non-hydrogen) atoms. The molecule has 1 unspecified atom stereocenters. The number of carbonyl (C=O) groups excluding carboxylic acids is 2. The third-order valence-corrected chi connectivity index (χ3v) is 3.11. The summed E-state index contributed by atoms with van der Waals surface area (Å²) in [7, 11) is 0. The van der Waals surface area contributed by atoms with Gasteiger partial charge in [-0.2, -0.15) is 10.5 Å². The molecule has 0 saturated heterocycles. The van der Waals surface area contributed by atoms with Gasteiger partial charge in [0, 0.05) is 6.42 Å². The van der Waals surface area contributed by atoms with Gasteiger partial charge in [-0.1, -0.05) is 39.0 Å². The fourth-order valence-electron chi connectivity index (χ4n) is 1.96. The maximum Gasteiger partial charge on any atom is 0.345 e. The zero-order valence-electron chi connectivity index (χ0n) is 11.5. The molecule has 6 heteroatoms. The molecule has 6 nitrogen and oxygen atoms in total. The van der Waals surface area contributed by atoms with Crippen molar-refractivity contribution >= 4 is 11.9 Å². The molecule has 0 spiro atoms. The van der Waals surface area contributed by atoms with Crippen molar-refractivity contribution in [2.24, 2.45) is 5.92 Å². The van der Waals surface area contributed by atoms with E-state index in [0.717, 1.165) is 38.5 Å². The molecular weight excluding hydrogens is 252 g/mol. The van der Waals surface area contributed by atoms with Gasteiger partial charge in [-0.25, -0.2) is 9.59 Å². The van der Waals surface area contributed by atoms with Crippen LogP contribution in [0.2, 0.25) is 0 Å². The first-order chi connectivity index (χ1) is 9.15. The molecule has 0 aliphatic rings. The van der Waals surface area contributed by atoms with E-state index in [2.05, 4.69) is 9.78 Å². The first-order valence-electron chi connectivity index (χ1n) is 6.85. The SMILES string of the molecule is CCCCC(CCCCCCC(=O)OO)C(=O)OO. The highest BCUT2D eigenvalue weighted by atomic mass is 17.1. The van der Waals surface area contributed by atoms with Gasteiger partial charge in [0.15, 0.2) is 0 Å². The summed E-state index contributed by atoms with van der Waals surface area (Å²) in [4.78, 5) is 29.3. The fourth-order valence-corrected chi connectivity index (χ4v) is 1.96. The van der Waals surface area contributed by atoms with Crippen LogP contribution in [0.15, 0.2) is 0 Å². The van der Waals surface area contributed by atoms with E-state index in [-0.39, 0.29) is 12.3 Å². The number of hydrogen-bond donors (Lipinski definition) is 2. The van der Waals surface area contributed by atoms with Crippen LogP contribution in [0, 0.1) is 5.92 Å². The molecule has 1 atom stereocenters. The highest BCUT2D eigenvalue weighted by molar-refractivity contribution is 5.71. The Morgan fingerprint density at radius 3 is 2.16 bits per heavy atom. The van der Waals surface area contributed by atoms with Gasteiger partial charge in [0.25, 0.3) is 0 Å². The normalized spacial score (nSPS) is 11.9. The van der Waals surface area contributed by atoms with E-state index in [1.165, 1.54) is 0 Å². The van der Waals surface area contributed by atoms with Crippen molar-refractivity contribution in [2.75, 3.05) is 0 Å². The molecule has 0 aromatic rings. The van der Waals surface area contributed by atoms with Crippen LogP contribution in [0.4, 0.5) is 0 Å². The maximum atomic E-state index is 11.3. The van der Waals surface area contributed by atoms with E-state index in [1.807, 2.05) is 6.92 Å². The Balaban J connectivity index is 3.68. The highest BCUT2D eigenvalue weighted by Gasteiger charge is 2.19. The first-order valence-corrected chi connectivity index (χ1v) is 6.85. The Morgan fingerprint density at radius 1 is 0.947 bits per heavy atom. The number of carbonyl (C=O) groups is 2. The minimum absolute atomic E-state index is 0.203. The van der Waals surface area contributed by atoms with Gasteiger partial charge < -0.3 is 9.78 Å². The second-order valence-corrected chi connectivity index (χ2v) is 4.67. The number of unbranched alkanes of at least 4 members (excludes halogenated alkanes) is 4. The molecule has 0 fully saturated rings. The molecule has 0 aromatic carbocycles. The third kappa shape index (κ3) is 9.44. The summed E-state index contributed by atoms with van der Waals surface area (Å²) in [5.41, 5.74) is 0. The van der Waals surface area contributed by atoms with Gasteiger partial charge >= 0.3 is 11.9 Å². The van der Waals surface area contributed by atoms with E-state index < -0.39 is 11.9 Å². The predicted octanol–water partition coefficient (Wildman–Crippen LogP) is 3.17. The number of hydrogen-bond acceptors (Lipinski definition) is 6. The summed E-state index contributed by atoms with van der Waals surface area (Å²) in [6.45, 7) is 2.04. The maximum absolute atomic E-state index is 11.3. The summed E-state index contributed by atoms with van der Waals surface area (Å²) in [6.07, 6.45) is 6.77. The first kappa shape index (κ1) is 17.9. The number of rotatable bonds is 11. The van der Waals surface area contributed by atoms with Crippen LogP contribution in [-0.2, 0) is 19.4 Å². The summed E-state index contributed by atoms with van der Waals surface area (Å²) >= 11 is 0. The zero-order chi connectivity index (χ0) is 14.5. The van der Waals surface area contributed by atoms with Crippen LogP contribution in [0.1, 0.15) is 64.7 Å². The molecule has 0 rings (SSSR count). The van der Waals surface area contributed by atoms with Gasteiger partial charge in [-0.05, 0) is 19.3 Å². The lowest BCUT2D eigenvalue weighted by Crippen LogP contribution is -2.16. The van der Waals surface area contributed by atoms with Crippen molar-refractivity contribution in [1.82, 2.24) is 0 Å². The summed E-state index contributed by atoms with van der Waals surface area (Å²) < 4.78 is 0. The molecule has 0 heterocycles. The van der Waals surface area contributed by atoms with Crippen molar-refractivity contribution in [1.29, 1.82) is 0 Å². The second kappa shape index (κ2) is 11.9. The van der Waals surface area contributed by atoms with E-state index in [4.69, 9.17) is 10.5 Å². The standard InChI is InChI=1S/C13H24O6/c1-2-3-8-11(13(15)19-17)9-6-4-5-7-10-12(14)18-16/h11,16-17H,2-10H2,1H3. The smallest absolute Gasteiger partial charge is 0.301 e. The lowest BCUT2D eigenvalue weighted by molar-refractivity contribution is -0.239. The molecule has 0 bridgehead atoms. The Labute approximate surface area is 113 Å². The van der Waals surface area contributed by atoms with Crippen LogP contribution >= 0.6 is 0 Å². The molecular formula is C13H24O6. The van der Waals surface area contributed by atoms with Crippen LogP contribution in [-0.4, -0.2) is 22.5 Å². The van der Waals surface area contributed by atoms with Crippen molar-refractivity contribution in [3.05, 3.63) is 0 Å². The van der Waals surface area contributed by atoms with Crippen LogP contribution < -0.4 is 0 Å². The molecule has 2 N–H and O–H groups in total.